The van der Waals surface area contributed by atoms with Gasteiger partial charge in [-0.3, -0.25) is 9.59 Å². The van der Waals surface area contributed by atoms with Crippen molar-refractivity contribution in [3.05, 3.63) is 75.1 Å². The molecule has 4 rings (SSSR count). The number of hydrogen-bond donors (Lipinski definition) is 0. The summed E-state index contributed by atoms with van der Waals surface area (Å²) in [5.41, 5.74) is 1.89. The second kappa shape index (κ2) is 5.77. The minimum absolute atomic E-state index is 0.0192. The molecule has 0 bridgehead atoms. The van der Waals surface area contributed by atoms with Crippen molar-refractivity contribution in [1.29, 1.82) is 0 Å². The molecule has 0 N–H and O–H groups in total. The average Bonchev–Trinajstić information content (AvgIpc) is 2.87. The number of rotatable bonds is 3. The van der Waals surface area contributed by atoms with Crippen LogP contribution in [0.1, 0.15) is 31.8 Å². The van der Waals surface area contributed by atoms with E-state index in [0.29, 0.717) is 45.2 Å². The van der Waals surface area contributed by atoms with E-state index in [1.807, 2.05) is 0 Å². The van der Waals surface area contributed by atoms with Crippen LogP contribution in [-0.2, 0) is 11.2 Å². The number of aryl methyl sites for hydroxylation is 1. The molecule has 1 aliphatic rings. The Balaban J connectivity index is 2.00. The fourth-order valence-corrected chi connectivity index (χ4v) is 3.43. The molecule has 3 aromatic rings. The van der Waals surface area contributed by atoms with E-state index in [2.05, 4.69) is 0 Å². The molecule has 1 aliphatic heterocycles. The first-order chi connectivity index (χ1) is 12.5. The molecule has 0 aliphatic carbocycles. The highest BCUT2D eigenvalue weighted by atomic mass is 16.4. The summed E-state index contributed by atoms with van der Waals surface area (Å²) in [5.74, 6) is -0.876. The Morgan fingerprint density at radius 1 is 1.00 bits per heavy atom. The first-order valence-electron chi connectivity index (χ1n) is 8.00. The Hall–Kier alpha value is -3.54. The maximum Gasteiger partial charge on any atom is 0.336 e. The summed E-state index contributed by atoms with van der Waals surface area (Å²) in [5, 5.41) is 0.561. The molecule has 1 aromatic heterocycles. The number of amides is 2. The Morgan fingerprint density at radius 2 is 1.65 bits per heavy atom. The molecule has 2 aromatic carbocycles. The summed E-state index contributed by atoms with van der Waals surface area (Å²) < 4.78 is 5.20. The lowest BCUT2D eigenvalue weighted by atomic mass is 10.00. The van der Waals surface area contributed by atoms with Gasteiger partial charge in [0, 0.05) is 17.9 Å². The monoisotopic (exact) mass is 347 g/mol. The van der Waals surface area contributed by atoms with Crippen molar-refractivity contribution in [2.24, 2.45) is 0 Å². The van der Waals surface area contributed by atoms with Crippen LogP contribution in [0.4, 0.5) is 5.69 Å². The highest BCUT2D eigenvalue weighted by Crippen LogP contribution is 2.35. The van der Waals surface area contributed by atoms with Crippen molar-refractivity contribution in [3.63, 3.8) is 0 Å². The number of carbonyl (C=O) groups is 3. The highest BCUT2D eigenvalue weighted by molar-refractivity contribution is 6.35. The van der Waals surface area contributed by atoms with E-state index in [4.69, 9.17) is 4.42 Å². The number of hydrogen-bond acceptors (Lipinski definition) is 5. The molecule has 0 saturated carbocycles. The zero-order chi connectivity index (χ0) is 18.4. The number of imide groups is 1. The third-order valence-electron chi connectivity index (χ3n) is 4.51. The molecule has 2 amide bonds. The smallest absolute Gasteiger partial charge is 0.336 e. The molecule has 6 nitrogen and oxygen atoms in total. The van der Waals surface area contributed by atoms with E-state index in [-0.39, 0.29) is 6.42 Å². The SMILES string of the molecule is Cc1cc(=O)oc2ccc(N3C(=O)c4ccccc4C3=O)c(CC=O)c12. The minimum atomic E-state index is -0.500. The van der Waals surface area contributed by atoms with Gasteiger partial charge in [-0.05, 0) is 42.3 Å². The quantitative estimate of drug-likeness (QED) is 0.413. The topological polar surface area (TPSA) is 84.7 Å². The molecule has 0 spiro atoms. The molecule has 26 heavy (non-hydrogen) atoms. The molecule has 0 atom stereocenters. The summed E-state index contributed by atoms with van der Waals surface area (Å²) in [6, 6.07) is 11.0. The molecule has 0 unspecified atom stereocenters. The van der Waals surface area contributed by atoms with E-state index < -0.39 is 17.4 Å². The van der Waals surface area contributed by atoms with Gasteiger partial charge in [0.05, 0.1) is 16.8 Å². The highest BCUT2D eigenvalue weighted by Gasteiger charge is 2.37. The minimum Gasteiger partial charge on any atom is -0.423 e. The molecule has 0 radical (unpaired) electrons. The Kier molecular flexibility index (Phi) is 3.54. The van der Waals surface area contributed by atoms with Crippen molar-refractivity contribution < 1.29 is 18.8 Å². The first-order valence-corrected chi connectivity index (χ1v) is 8.00. The van der Waals surface area contributed by atoms with Gasteiger partial charge in [-0.25, -0.2) is 9.69 Å². The predicted octanol–water partition coefficient (Wildman–Crippen LogP) is 2.64. The van der Waals surface area contributed by atoms with Crippen LogP contribution >= 0.6 is 0 Å². The van der Waals surface area contributed by atoms with Crippen molar-refractivity contribution in [2.45, 2.75) is 13.3 Å². The first kappa shape index (κ1) is 16.0. The summed E-state index contributed by atoms with van der Waals surface area (Å²) >= 11 is 0. The zero-order valence-corrected chi connectivity index (χ0v) is 13.8. The van der Waals surface area contributed by atoms with Gasteiger partial charge in [-0.15, -0.1) is 0 Å². The second-order valence-corrected chi connectivity index (χ2v) is 6.05. The lowest BCUT2D eigenvalue weighted by Crippen LogP contribution is -2.30. The Labute approximate surface area is 147 Å². The summed E-state index contributed by atoms with van der Waals surface area (Å²) in [6.07, 6.45) is 0.676. The molecule has 2 heterocycles. The van der Waals surface area contributed by atoms with Crippen LogP contribution in [0, 0.1) is 6.92 Å². The number of anilines is 1. The van der Waals surface area contributed by atoms with Crippen LogP contribution in [0.25, 0.3) is 11.0 Å². The van der Waals surface area contributed by atoms with Crippen LogP contribution in [0.3, 0.4) is 0 Å². The lowest BCUT2D eigenvalue weighted by molar-refractivity contribution is -0.107. The molecule has 0 saturated heterocycles. The van der Waals surface area contributed by atoms with Crippen molar-refractivity contribution in [3.8, 4) is 0 Å². The van der Waals surface area contributed by atoms with Gasteiger partial charge in [0.25, 0.3) is 11.8 Å². The van der Waals surface area contributed by atoms with Crippen molar-refractivity contribution in [2.75, 3.05) is 4.90 Å². The van der Waals surface area contributed by atoms with Gasteiger partial charge in [0.1, 0.15) is 11.9 Å². The van der Waals surface area contributed by atoms with Crippen LogP contribution < -0.4 is 10.5 Å². The number of carbonyl (C=O) groups excluding carboxylic acids is 3. The van der Waals surface area contributed by atoms with Crippen LogP contribution in [0.2, 0.25) is 0 Å². The van der Waals surface area contributed by atoms with Crippen LogP contribution in [-0.4, -0.2) is 18.1 Å². The van der Waals surface area contributed by atoms with Gasteiger partial charge in [0.2, 0.25) is 0 Å². The van der Waals surface area contributed by atoms with Gasteiger partial charge >= 0.3 is 5.63 Å². The maximum atomic E-state index is 12.8. The summed E-state index contributed by atoms with van der Waals surface area (Å²) in [4.78, 5) is 49.5. The number of fused-ring (bicyclic) bond motifs is 2. The van der Waals surface area contributed by atoms with Crippen LogP contribution in [0.5, 0.6) is 0 Å². The maximum absolute atomic E-state index is 12.8. The number of aldehydes is 1. The number of nitrogens with zero attached hydrogens (tertiary/aromatic N) is 1. The van der Waals surface area contributed by atoms with E-state index >= 15 is 0 Å². The third-order valence-corrected chi connectivity index (χ3v) is 4.51. The van der Waals surface area contributed by atoms with E-state index in [9.17, 15) is 19.2 Å². The molecular weight excluding hydrogens is 334 g/mol. The van der Waals surface area contributed by atoms with E-state index in [1.54, 1.807) is 31.2 Å². The molecule has 6 heteroatoms. The molecule has 128 valence electrons. The van der Waals surface area contributed by atoms with E-state index in [0.717, 1.165) is 4.90 Å². The van der Waals surface area contributed by atoms with Gasteiger partial charge in [0.15, 0.2) is 0 Å². The molecular formula is C20H13NO5. The van der Waals surface area contributed by atoms with Gasteiger partial charge in [-0.2, -0.15) is 0 Å². The predicted molar refractivity (Wildman–Crippen MR) is 94.6 cm³/mol. The molecule has 0 fully saturated rings. The summed E-state index contributed by atoms with van der Waals surface area (Å²) in [7, 11) is 0. The second-order valence-electron chi connectivity index (χ2n) is 6.05. The van der Waals surface area contributed by atoms with Crippen molar-refractivity contribution >= 4 is 34.8 Å². The van der Waals surface area contributed by atoms with E-state index in [1.165, 1.54) is 18.2 Å². The fraction of sp³-hybridized carbons (Fsp3) is 0.100. The standard InChI is InChI=1S/C20H13NO5/c1-11-10-17(23)26-16-7-6-15(14(8-9-22)18(11)16)21-19(24)12-4-2-3-5-13(12)20(21)25/h2-7,9-10H,8H2,1H3. The van der Waals surface area contributed by atoms with Crippen LogP contribution in [0.15, 0.2) is 51.7 Å². The van der Waals surface area contributed by atoms with Gasteiger partial charge in [-0.1, -0.05) is 12.1 Å². The fourth-order valence-electron chi connectivity index (χ4n) is 3.43. The lowest BCUT2D eigenvalue weighted by Gasteiger charge is -2.19. The number of benzene rings is 2. The zero-order valence-electron chi connectivity index (χ0n) is 13.8. The summed E-state index contributed by atoms with van der Waals surface area (Å²) in [6.45, 7) is 1.72. The average molecular weight is 347 g/mol. The Bertz CT molecular complexity index is 1120. The van der Waals surface area contributed by atoms with Gasteiger partial charge < -0.3 is 9.21 Å². The Morgan fingerprint density at radius 3 is 2.27 bits per heavy atom. The third kappa shape index (κ3) is 2.19. The largest absolute Gasteiger partial charge is 0.423 e. The normalized spacial score (nSPS) is 13.3. The van der Waals surface area contributed by atoms with Crippen molar-refractivity contribution in [1.82, 2.24) is 0 Å².